The highest BCUT2D eigenvalue weighted by atomic mass is 15.2. The van der Waals surface area contributed by atoms with Crippen molar-refractivity contribution >= 4 is 0 Å². The summed E-state index contributed by atoms with van der Waals surface area (Å²) in [4.78, 5) is 2.37. The smallest absolute Gasteiger partial charge is 0.0599 e. The number of nitrogens with one attached hydrogen (secondary N) is 1. The van der Waals surface area contributed by atoms with Crippen molar-refractivity contribution < 1.29 is 0 Å². The van der Waals surface area contributed by atoms with Gasteiger partial charge in [0.25, 0.3) is 0 Å². The second-order valence-electron chi connectivity index (χ2n) is 4.57. The van der Waals surface area contributed by atoms with Crippen molar-refractivity contribution in [2.45, 2.75) is 45.1 Å². The van der Waals surface area contributed by atoms with E-state index in [9.17, 15) is 0 Å². The van der Waals surface area contributed by atoms with Gasteiger partial charge in [-0.15, -0.1) is 6.42 Å². The lowest BCUT2D eigenvalue weighted by atomic mass is 9.91. The Balaban J connectivity index is 2.53. The number of hydrogen-bond donors (Lipinski definition) is 1. The van der Waals surface area contributed by atoms with Gasteiger partial charge in [-0.05, 0) is 32.4 Å². The third kappa shape index (κ3) is 3.52. The van der Waals surface area contributed by atoms with Crippen molar-refractivity contribution in [3.05, 3.63) is 0 Å². The van der Waals surface area contributed by atoms with Gasteiger partial charge >= 0.3 is 0 Å². The van der Waals surface area contributed by atoms with E-state index in [1.165, 1.54) is 32.2 Å². The van der Waals surface area contributed by atoms with Crippen LogP contribution in [0.25, 0.3) is 0 Å². The molecule has 86 valence electrons. The van der Waals surface area contributed by atoms with Crippen molar-refractivity contribution in [2.75, 3.05) is 26.2 Å². The normalized spacial score (nSPS) is 25.7. The van der Waals surface area contributed by atoms with Crippen LogP contribution in [0.1, 0.15) is 39.5 Å². The van der Waals surface area contributed by atoms with Crippen LogP contribution in [0.4, 0.5) is 0 Å². The Morgan fingerprint density at radius 1 is 1.47 bits per heavy atom. The number of rotatable bonds is 6. The first-order chi connectivity index (χ1) is 7.26. The lowest BCUT2D eigenvalue weighted by Crippen LogP contribution is -2.49. The molecule has 0 aromatic rings. The van der Waals surface area contributed by atoms with E-state index in [0.717, 1.165) is 19.6 Å². The van der Waals surface area contributed by atoms with Gasteiger partial charge in [-0.1, -0.05) is 26.2 Å². The Bertz CT molecular complexity index is 211. The number of likely N-dealkylation sites (N-methyl/N-ethyl adjacent to an activating group) is 1. The van der Waals surface area contributed by atoms with Crippen LogP contribution in [0.5, 0.6) is 0 Å². The molecule has 1 fully saturated rings. The van der Waals surface area contributed by atoms with Crippen molar-refractivity contribution in [3.8, 4) is 12.3 Å². The molecular weight excluding hydrogens is 184 g/mol. The summed E-state index contributed by atoms with van der Waals surface area (Å²) in [6.45, 7) is 8.57. The molecule has 1 rings (SSSR count). The predicted molar refractivity (Wildman–Crippen MR) is 65.8 cm³/mol. The van der Waals surface area contributed by atoms with Gasteiger partial charge in [0.15, 0.2) is 0 Å². The highest BCUT2D eigenvalue weighted by Gasteiger charge is 2.33. The number of hydrogen-bond acceptors (Lipinski definition) is 2. The molecule has 0 bridgehead atoms. The third-order valence-corrected chi connectivity index (χ3v) is 3.35. The average Bonchev–Trinajstić information content (AvgIpc) is 2.67. The minimum Gasteiger partial charge on any atom is -0.310 e. The van der Waals surface area contributed by atoms with Crippen LogP contribution >= 0.6 is 0 Å². The van der Waals surface area contributed by atoms with E-state index in [1.54, 1.807) is 0 Å². The molecular formula is C13H24N2. The summed E-state index contributed by atoms with van der Waals surface area (Å²) in [5, 5.41) is 3.68. The SMILES string of the molecule is C#CCN(CC)CC1(CCC)CCCN1. The van der Waals surface area contributed by atoms with Crippen molar-refractivity contribution in [2.24, 2.45) is 0 Å². The molecule has 0 radical (unpaired) electrons. The van der Waals surface area contributed by atoms with E-state index >= 15 is 0 Å². The minimum atomic E-state index is 0.349. The second-order valence-corrected chi connectivity index (χ2v) is 4.57. The third-order valence-electron chi connectivity index (χ3n) is 3.35. The van der Waals surface area contributed by atoms with E-state index in [0.29, 0.717) is 5.54 Å². The van der Waals surface area contributed by atoms with Crippen molar-refractivity contribution in [1.29, 1.82) is 0 Å². The van der Waals surface area contributed by atoms with Crippen LogP contribution in [0.15, 0.2) is 0 Å². The largest absolute Gasteiger partial charge is 0.310 e. The molecule has 2 heteroatoms. The maximum absolute atomic E-state index is 5.38. The topological polar surface area (TPSA) is 15.3 Å². The Morgan fingerprint density at radius 3 is 2.73 bits per heavy atom. The first-order valence-electron chi connectivity index (χ1n) is 6.17. The predicted octanol–water partition coefficient (Wildman–Crippen LogP) is 1.86. The molecule has 0 aliphatic carbocycles. The Morgan fingerprint density at radius 2 is 2.27 bits per heavy atom. The summed E-state index contributed by atoms with van der Waals surface area (Å²) >= 11 is 0. The number of terminal acetylenes is 1. The lowest BCUT2D eigenvalue weighted by Gasteiger charge is -2.34. The molecule has 1 saturated heterocycles. The van der Waals surface area contributed by atoms with Gasteiger partial charge in [0, 0.05) is 12.1 Å². The van der Waals surface area contributed by atoms with Crippen LogP contribution in [-0.2, 0) is 0 Å². The molecule has 1 heterocycles. The Kier molecular flexibility index (Phi) is 5.14. The molecule has 0 saturated carbocycles. The van der Waals surface area contributed by atoms with E-state index < -0.39 is 0 Å². The maximum atomic E-state index is 5.38. The van der Waals surface area contributed by atoms with Gasteiger partial charge in [-0.2, -0.15) is 0 Å². The molecule has 0 spiro atoms. The van der Waals surface area contributed by atoms with Gasteiger partial charge in [0.1, 0.15) is 0 Å². The highest BCUT2D eigenvalue weighted by molar-refractivity contribution is 4.97. The van der Waals surface area contributed by atoms with Crippen LogP contribution in [-0.4, -0.2) is 36.6 Å². The maximum Gasteiger partial charge on any atom is 0.0599 e. The standard InChI is InChI=1S/C13H24N2/c1-4-8-13(9-7-10-14-13)12-15(6-3)11-5-2/h2,14H,4,6-12H2,1,3H3. The first kappa shape index (κ1) is 12.5. The zero-order valence-electron chi connectivity index (χ0n) is 10.2. The monoisotopic (exact) mass is 208 g/mol. The molecule has 0 aromatic carbocycles. The highest BCUT2D eigenvalue weighted by Crippen LogP contribution is 2.25. The minimum absolute atomic E-state index is 0.349. The molecule has 1 atom stereocenters. The van der Waals surface area contributed by atoms with Gasteiger partial charge in [0.2, 0.25) is 0 Å². The van der Waals surface area contributed by atoms with Gasteiger partial charge in [0.05, 0.1) is 6.54 Å². The van der Waals surface area contributed by atoms with E-state index in [1.807, 2.05) is 0 Å². The molecule has 0 aromatic heterocycles. The van der Waals surface area contributed by atoms with Crippen LogP contribution in [0.2, 0.25) is 0 Å². The zero-order chi connectivity index (χ0) is 11.1. The summed E-state index contributed by atoms with van der Waals surface area (Å²) in [5.74, 6) is 2.75. The van der Waals surface area contributed by atoms with E-state index in [-0.39, 0.29) is 0 Å². The Hall–Kier alpha value is -0.520. The van der Waals surface area contributed by atoms with Crippen LogP contribution in [0.3, 0.4) is 0 Å². The molecule has 15 heavy (non-hydrogen) atoms. The fraction of sp³-hybridized carbons (Fsp3) is 0.846. The van der Waals surface area contributed by atoms with Gasteiger partial charge in [-0.25, -0.2) is 0 Å². The van der Waals surface area contributed by atoms with E-state index in [4.69, 9.17) is 6.42 Å². The van der Waals surface area contributed by atoms with Gasteiger partial charge in [-0.3, -0.25) is 4.90 Å². The molecule has 1 unspecified atom stereocenters. The summed E-state index contributed by atoms with van der Waals surface area (Å²) in [5.41, 5.74) is 0.349. The summed E-state index contributed by atoms with van der Waals surface area (Å²) in [6.07, 6.45) is 10.5. The Labute approximate surface area is 94.4 Å². The zero-order valence-corrected chi connectivity index (χ0v) is 10.2. The molecule has 0 amide bonds. The average molecular weight is 208 g/mol. The summed E-state index contributed by atoms with van der Waals surface area (Å²) < 4.78 is 0. The van der Waals surface area contributed by atoms with E-state index in [2.05, 4.69) is 30.0 Å². The lowest BCUT2D eigenvalue weighted by molar-refractivity contribution is 0.206. The van der Waals surface area contributed by atoms with Crippen molar-refractivity contribution in [1.82, 2.24) is 10.2 Å². The fourth-order valence-electron chi connectivity index (χ4n) is 2.61. The van der Waals surface area contributed by atoms with Crippen LogP contribution < -0.4 is 5.32 Å². The second kappa shape index (κ2) is 6.15. The number of nitrogens with zero attached hydrogens (tertiary/aromatic N) is 1. The quantitative estimate of drug-likeness (QED) is 0.670. The molecule has 1 N–H and O–H groups in total. The molecule has 1 aliphatic heterocycles. The van der Waals surface area contributed by atoms with Gasteiger partial charge < -0.3 is 5.32 Å². The fourth-order valence-corrected chi connectivity index (χ4v) is 2.61. The summed E-state index contributed by atoms with van der Waals surface area (Å²) in [6, 6.07) is 0. The summed E-state index contributed by atoms with van der Waals surface area (Å²) in [7, 11) is 0. The molecule has 1 aliphatic rings. The first-order valence-corrected chi connectivity index (χ1v) is 6.17. The van der Waals surface area contributed by atoms with Crippen LogP contribution in [0, 0.1) is 12.3 Å². The van der Waals surface area contributed by atoms with Crippen molar-refractivity contribution in [3.63, 3.8) is 0 Å². The molecule has 2 nitrogen and oxygen atoms in total.